The van der Waals surface area contributed by atoms with Gasteiger partial charge in [0.05, 0.1) is 0 Å². The smallest absolute Gasteiger partial charge is 0.246 e. The molecule has 0 amide bonds. The second kappa shape index (κ2) is 4.27. The van der Waals surface area contributed by atoms with Gasteiger partial charge < -0.3 is 4.42 Å². The zero-order valence-electron chi connectivity index (χ0n) is 10.7. The average molecular weight is 264 g/mol. The maximum absolute atomic E-state index is 12.1. The minimum Gasteiger partial charge on any atom is -0.435 e. The Balaban J connectivity index is 1.77. The molecule has 98 valence electrons. The topological polar surface area (TPSA) is 56.0 Å². The first-order valence-electron chi connectivity index (χ1n) is 6.67. The van der Waals surface area contributed by atoms with Gasteiger partial charge in [0.15, 0.2) is 11.4 Å². The molecule has 20 heavy (non-hydrogen) atoms. The van der Waals surface area contributed by atoms with Gasteiger partial charge in [0.25, 0.3) is 0 Å². The van der Waals surface area contributed by atoms with E-state index >= 15 is 0 Å². The van der Waals surface area contributed by atoms with Gasteiger partial charge in [0.2, 0.25) is 5.89 Å². The Hall–Kier alpha value is -2.49. The predicted octanol–water partition coefficient (Wildman–Crippen LogP) is 3.48. The Bertz CT molecular complexity index is 789. The first-order valence-corrected chi connectivity index (χ1v) is 6.67. The van der Waals surface area contributed by atoms with Gasteiger partial charge >= 0.3 is 0 Å². The van der Waals surface area contributed by atoms with E-state index in [2.05, 4.69) is 9.97 Å². The van der Waals surface area contributed by atoms with Crippen LogP contribution in [0.2, 0.25) is 0 Å². The number of benzene rings is 1. The summed E-state index contributed by atoms with van der Waals surface area (Å²) in [7, 11) is 0. The number of rotatable bonds is 3. The number of fused-ring (bicyclic) bond motifs is 1. The standard InChI is InChI=1S/C16H12N2O2/c19-15(10-4-5-10)11-6-7-14-13(9-11)18-16(20-14)12-3-1-2-8-17-12/h1-3,6-10H,4-5H2. The summed E-state index contributed by atoms with van der Waals surface area (Å²) in [5.74, 6) is 0.917. The predicted molar refractivity (Wildman–Crippen MR) is 74.3 cm³/mol. The Morgan fingerprint density at radius 3 is 2.85 bits per heavy atom. The number of carbonyl (C=O) groups excluding carboxylic acids is 1. The molecule has 0 spiro atoms. The lowest BCUT2D eigenvalue weighted by Gasteiger charge is -1.96. The largest absolute Gasteiger partial charge is 0.435 e. The number of nitrogens with zero attached hydrogens (tertiary/aromatic N) is 2. The normalized spacial score (nSPS) is 14.6. The number of oxazole rings is 1. The van der Waals surface area contributed by atoms with Gasteiger partial charge in [-0.05, 0) is 43.2 Å². The van der Waals surface area contributed by atoms with Crippen molar-refractivity contribution in [3.63, 3.8) is 0 Å². The third-order valence-corrected chi connectivity index (χ3v) is 3.50. The van der Waals surface area contributed by atoms with Gasteiger partial charge in [0.1, 0.15) is 11.2 Å². The van der Waals surface area contributed by atoms with Crippen LogP contribution in [-0.2, 0) is 0 Å². The minimum absolute atomic E-state index is 0.217. The molecule has 1 aromatic carbocycles. The number of Topliss-reactive ketones (excluding diaryl/α,β-unsaturated/α-hetero) is 1. The van der Waals surface area contributed by atoms with Gasteiger partial charge in [-0.2, -0.15) is 0 Å². The summed E-state index contributed by atoms with van der Waals surface area (Å²) in [5.41, 5.74) is 2.80. The third kappa shape index (κ3) is 1.90. The van der Waals surface area contributed by atoms with Crippen molar-refractivity contribution in [1.82, 2.24) is 9.97 Å². The molecule has 0 N–H and O–H groups in total. The average Bonchev–Trinajstić information content (AvgIpc) is 3.25. The van der Waals surface area contributed by atoms with Crippen LogP contribution in [0, 0.1) is 5.92 Å². The van der Waals surface area contributed by atoms with Crippen molar-refractivity contribution in [2.24, 2.45) is 5.92 Å². The van der Waals surface area contributed by atoms with E-state index in [1.54, 1.807) is 6.20 Å². The number of carbonyl (C=O) groups is 1. The molecule has 4 heteroatoms. The molecule has 0 atom stereocenters. The second-order valence-corrected chi connectivity index (χ2v) is 5.06. The summed E-state index contributed by atoms with van der Waals surface area (Å²) in [4.78, 5) is 20.7. The number of hydrogen-bond donors (Lipinski definition) is 0. The van der Waals surface area contributed by atoms with Crippen LogP contribution in [0.3, 0.4) is 0 Å². The molecule has 4 rings (SSSR count). The van der Waals surface area contributed by atoms with E-state index in [4.69, 9.17) is 4.42 Å². The third-order valence-electron chi connectivity index (χ3n) is 3.50. The zero-order chi connectivity index (χ0) is 13.5. The first kappa shape index (κ1) is 11.3. The van der Waals surface area contributed by atoms with Gasteiger partial charge in [0, 0.05) is 17.7 Å². The second-order valence-electron chi connectivity index (χ2n) is 5.06. The van der Waals surface area contributed by atoms with Crippen molar-refractivity contribution in [2.75, 3.05) is 0 Å². The van der Waals surface area contributed by atoms with Crippen LogP contribution in [0.5, 0.6) is 0 Å². The molecule has 0 bridgehead atoms. The molecule has 0 aliphatic heterocycles. The van der Waals surface area contributed by atoms with E-state index in [1.165, 1.54) is 0 Å². The van der Waals surface area contributed by atoms with E-state index in [-0.39, 0.29) is 11.7 Å². The van der Waals surface area contributed by atoms with E-state index in [0.717, 1.165) is 18.4 Å². The maximum Gasteiger partial charge on any atom is 0.246 e. The number of ketones is 1. The summed E-state index contributed by atoms with van der Waals surface area (Å²) in [5, 5.41) is 0. The summed E-state index contributed by atoms with van der Waals surface area (Å²) in [6.07, 6.45) is 3.72. The highest BCUT2D eigenvalue weighted by Crippen LogP contribution is 2.33. The van der Waals surface area contributed by atoms with Gasteiger partial charge in [-0.15, -0.1) is 0 Å². The summed E-state index contributed by atoms with van der Waals surface area (Å²) in [6, 6.07) is 11.0. The molecular weight excluding hydrogens is 252 g/mol. The molecule has 4 nitrogen and oxygen atoms in total. The van der Waals surface area contributed by atoms with Crippen molar-refractivity contribution in [2.45, 2.75) is 12.8 Å². The van der Waals surface area contributed by atoms with Crippen LogP contribution in [0.1, 0.15) is 23.2 Å². The maximum atomic E-state index is 12.1. The van der Waals surface area contributed by atoms with Crippen LogP contribution in [0.25, 0.3) is 22.7 Å². The van der Waals surface area contributed by atoms with Crippen LogP contribution < -0.4 is 0 Å². The molecule has 0 saturated heterocycles. The summed E-state index contributed by atoms with van der Waals surface area (Å²) < 4.78 is 5.68. The Labute approximate surface area is 115 Å². The van der Waals surface area contributed by atoms with Crippen LogP contribution in [0.4, 0.5) is 0 Å². The van der Waals surface area contributed by atoms with Crippen molar-refractivity contribution >= 4 is 16.9 Å². The Kier molecular flexibility index (Phi) is 2.42. The van der Waals surface area contributed by atoms with Crippen LogP contribution >= 0.6 is 0 Å². The molecular formula is C16H12N2O2. The minimum atomic E-state index is 0.217. The van der Waals surface area contributed by atoms with Crippen molar-refractivity contribution in [3.8, 4) is 11.6 Å². The highest BCUT2D eigenvalue weighted by Gasteiger charge is 2.30. The highest BCUT2D eigenvalue weighted by molar-refractivity contribution is 6.01. The lowest BCUT2D eigenvalue weighted by molar-refractivity contribution is 0.0968. The fourth-order valence-electron chi connectivity index (χ4n) is 2.26. The molecule has 1 aliphatic rings. The lowest BCUT2D eigenvalue weighted by atomic mass is 10.1. The monoisotopic (exact) mass is 264 g/mol. The zero-order valence-corrected chi connectivity index (χ0v) is 10.7. The SMILES string of the molecule is O=C(c1ccc2oc(-c3ccccn3)nc2c1)C1CC1. The van der Waals surface area contributed by atoms with Gasteiger partial charge in [-0.25, -0.2) is 4.98 Å². The van der Waals surface area contributed by atoms with E-state index in [9.17, 15) is 4.79 Å². The molecule has 1 aliphatic carbocycles. The van der Waals surface area contributed by atoms with Crippen molar-refractivity contribution in [3.05, 3.63) is 48.2 Å². The van der Waals surface area contributed by atoms with E-state index in [0.29, 0.717) is 22.7 Å². The molecule has 0 unspecified atom stereocenters. The quantitative estimate of drug-likeness (QED) is 0.679. The van der Waals surface area contributed by atoms with E-state index < -0.39 is 0 Å². The lowest BCUT2D eigenvalue weighted by Crippen LogP contribution is -2.00. The number of pyridine rings is 1. The molecule has 1 fully saturated rings. The van der Waals surface area contributed by atoms with E-state index in [1.807, 2.05) is 36.4 Å². The Morgan fingerprint density at radius 2 is 2.10 bits per heavy atom. The molecule has 2 heterocycles. The number of hydrogen-bond acceptors (Lipinski definition) is 4. The van der Waals surface area contributed by atoms with Gasteiger partial charge in [-0.1, -0.05) is 6.07 Å². The van der Waals surface area contributed by atoms with Gasteiger partial charge in [-0.3, -0.25) is 9.78 Å². The van der Waals surface area contributed by atoms with Crippen molar-refractivity contribution in [1.29, 1.82) is 0 Å². The molecule has 0 radical (unpaired) electrons. The molecule has 2 aromatic heterocycles. The molecule has 1 saturated carbocycles. The van der Waals surface area contributed by atoms with Crippen LogP contribution in [0.15, 0.2) is 47.0 Å². The molecule has 3 aromatic rings. The first-order chi connectivity index (χ1) is 9.81. The van der Waals surface area contributed by atoms with Crippen LogP contribution in [-0.4, -0.2) is 15.8 Å². The fourth-order valence-corrected chi connectivity index (χ4v) is 2.26. The number of aromatic nitrogens is 2. The highest BCUT2D eigenvalue weighted by atomic mass is 16.3. The summed E-state index contributed by atoms with van der Waals surface area (Å²) >= 11 is 0. The van der Waals surface area contributed by atoms with Crippen molar-refractivity contribution < 1.29 is 9.21 Å². The summed E-state index contributed by atoms with van der Waals surface area (Å²) in [6.45, 7) is 0. The fraction of sp³-hybridized carbons (Fsp3) is 0.188. The Morgan fingerprint density at radius 1 is 1.20 bits per heavy atom.